The van der Waals surface area contributed by atoms with Gasteiger partial charge in [-0.1, -0.05) is 0 Å². The van der Waals surface area contributed by atoms with E-state index in [4.69, 9.17) is 5.73 Å². The second-order valence-electron chi connectivity index (χ2n) is 4.48. The van der Waals surface area contributed by atoms with Gasteiger partial charge < -0.3 is 10.3 Å². The molecule has 0 saturated heterocycles. The van der Waals surface area contributed by atoms with Gasteiger partial charge in [0.25, 0.3) is 0 Å². The van der Waals surface area contributed by atoms with Crippen LogP contribution in [0.3, 0.4) is 0 Å². The van der Waals surface area contributed by atoms with Crippen LogP contribution in [0.2, 0.25) is 0 Å². The maximum atomic E-state index is 12.7. The van der Waals surface area contributed by atoms with E-state index in [2.05, 4.69) is 9.97 Å². The molecule has 0 aliphatic heterocycles. The number of rotatable bonds is 3. The summed E-state index contributed by atoms with van der Waals surface area (Å²) < 4.78 is 40.6. The first kappa shape index (κ1) is 14.0. The molecule has 0 amide bonds. The monoisotopic (exact) mass is 312 g/mol. The molecule has 0 bridgehead atoms. The fourth-order valence-corrected chi connectivity index (χ4v) is 2.86. The molecule has 0 radical (unpaired) electrons. The first-order valence-corrected chi connectivity index (χ1v) is 6.99. The lowest BCUT2D eigenvalue weighted by molar-refractivity contribution is -0.137. The number of alkyl halides is 3. The summed E-state index contributed by atoms with van der Waals surface area (Å²) in [7, 11) is 0. The average Bonchev–Trinajstić information content (AvgIpc) is 3.02. The number of halogens is 3. The largest absolute Gasteiger partial charge is 0.416 e. The van der Waals surface area contributed by atoms with E-state index in [1.54, 1.807) is 12.5 Å². The lowest BCUT2D eigenvalue weighted by Gasteiger charge is -2.04. The molecule has 0 saturated carbocycles. The number of nitrogens with zero attached hydrogens (tertiary/aromatic N) is 3. The number of imidazole rings is 1. The highest BCUT2D eigenvalue weighted by Gasteiger charge is 2.30. The molecule has 8 heteroatoms. The predicted molar refractivity (Wildman–Crippen MR) is 74.9 cm³/mol. The molecule has 2 aromatic heterocycles. The summed E-state index contributed by atoms with van der Waals surface area (Å²) in [4.78, 5) is 8.45. The van der Waals surface area contributed by atoms with Gasteiger partial charge in [-0.05, 0) is 18.2 Å². The summed E-state index contributed by atoms with van der Waals surface area (Å²) in [6.07, 6.45) is -0.939. The van der Waals surface area contributed by atoms with Crippen molar-refractivity contribution in [3.63, 3.8) is 0 Å². The van der Waals surface area contributed by atoms with Crippen LogP contribution in [0.15, 0.2) is 30.7 Å². The fourth-order valence-electron chi connectivity index (χ4n) is 1.96. The van der Waals surface area contributed by atoms with Crippen molar-refractivity contribution in [3.05, 3.63) is 36.3 Å². The summed E-state index contributed by atoms with van der Waals surface area (Å²) in [6, 6.07) is 3.57. The van der Waals surface area contributed by atoms with Crippen LogP contribution in [0.25, 0.3) is 20.9 Å². The van der Waals surface area contributed by atoms with E-state index < -0.39 is 11.7 Å². The van der Waals surface area contributed by atoms with Gasteiger partial charge in [-0.15, -0.1) is 11.3 Å². The van der Waals surface area contributed by atoms with Crippen LogP contribution >= 0.6 is 11.3 Å². The number of fused-ring (bicyclic) bond motifs is 1. The molecule has 0 atom stereocenters. The van der Waals surface area contributed by atoms with Crippen molar-refractivity contribution in [2.45, 2.75) is 12.7 Å². The molecule has 2 N–H and O–H groups in total. The third kappa shape index (κ3) is 2.77. The number of hydrogen-bond donors (Lipinski definition) is 1. The van der Waals surface area contributed by atoms with Gasteiger partial charge in [0.15, 0.2) is 0 Å². The predicted octanol–water partition coefficient (Wildman–Crippen LogP) is 3.14. The van der Waals surface area contributed by atoms with E-state index in [0.29, 0.717) is 34.0 Å². The quantitative estimate of drug-likeness (QED) is 0.808. The summed E-state index contributed by atoms with van der Waals surface area (Å²) in [6.45, 7) is 1.13. The minimum atomic E-state index is -4.36. The zero-order valence-corrected chi connectivity index (χ0v) is 11.6. The molecule has 110 valence electrons. The van der Waals surface area contributed by atoms with E-state index in [9.17, 15) is 13.2 Å². The molecule has 0 fully saturated rings. The standard InChI is InChI=1S/C13H11F3N4S/c14-13(15,16)8-1-2-11-9(5-8)19-12(21-11)10-6-20(4-3-17)7-18-10/h1-2,5-7H,3-4,17H2. The molecule has 0 aliphatic rings. The minimum absolute atomic E-state index is 0.332. The van der Waals surface area contributed by atoms with Gasteiger partial charge in [0, 0.05) is 19.3 Å². The average molecular weight is 312 g/mol. The molecule has 2 heterocycles. The summed E-state index contributed by atoms with van der Waals surface area (Å²) in [5.74, 6) is 0. The molecule has 21 heavy (non-hydrogen) atoms. The van der Waals surface area contributed by atoms with Crippen molar-refractivity contribution in [2.75, 3.05) is 6.54 Å². The van der Waals surface area contributed by atoms with E-state index in [0.717, 1.165) is 12.1 Å². The lowest BCUT2D eigenvalue weighted by atomic mass is 10.2. The van der Waals surface area contributed by atoms with E-state index in [1.165, 1.54) is 17.4 Å². The first-order chi connectivity index (χ1) is 9.97. The smallest absolute Gasteiger partial charge is 0.335 e. The highest BCUT2D eigenvalue weighted by atomic mass is 32.1. The molecule has 3 rings (SSSR count). The normalized spacial score (nSPS) is 12.2. The highest BCUT2D eigenvalue weighted by Crippen LogP contribution is 2.34. The Hall–Kier alpha value is -1.93. The Morgan fingerprint density at radius 2 is 2.10 bits per heavy atom. The number of hydrogen-bond acceptors (Lipinski definition) is 4. The van der Waals surface area contributed by atoms with E-state index in [-0.39, 0.29) is 0 Å². The van der Waals surface area contributed by atoms with Crippen LogP contribution in [-0.4, -0.2) is 21.1 Å². The molecular weight excluding hydrogens is 301 g/mol. The molecule has 0 spiro atoms. The third-order valence-electron chi connectivity index (χ3n) is 2.95. The summed E-state index contributed by atoms with van der Waals surface area (Å²) in [5.41, 5.74) is 5.73. The number of aromatic nitrogens is 3. The van der Waals surface area contributed by atoms with Crippen LogP contribution in [-0.2, 0) is 12.7 Å². The minimum Gasteiger partial charge on any atom is -0.335 e. The zero-order valence-electron chi connectivity index (χ0n) is 10.8. The number of benzene rings is 1. The van der Waals surface area contributed by atoms with Gasteiger partial charge in [-0.25, -0.2) is 9.97 Å². The van der Waals surface area contributed by atoms with Crippen LogP contribution in [0, 0.1) is 0 Å². The Morgan fingerprint density at radius 1 is 1.29 bits per heavy atom. The van der Waals surface area contributed by atoms with Crippen LogP contribution in [0.5, 0.6) is 0 Å². The fraction of sp³-hybridized carbons (Fsp3) is 0.231. The van der Waals surface area contributed by atoms with Gasteiger partial charge in [-0.2, -0.15) is 13.2 Å². The van der Waals surface area contributed by atoms with Crippen molar-refractivity contribution in [3.8, 4) is 10.7 Å². The molecular formula is C13H11F3N4S. The van der Waals surface area contributed by atoms with Gasteiger partial charge in [0.1, 0.15) is 10.7 Å². The van der Waals surface area contributed by atoms with Crippen molar-refractivity contribution in [1.29, 1.82) is 0 Å². The Balaban J connectivity index is 2.00. The van der Waals surface area contributed by atoms with Gasteiger partial charge in [0.05, 0.1) is 22.1 Å². The van der Waals surface area contributed by atoms with E-state index in [1.807, 2.05) is 4.57 Å². The second-order valence-corrected chi connectivity index (χ2v) is 5.52. The summed E-state index contributed by atoms with van der Waals surface area (Å²) in [5, 5.41) is 0.597. The van der Waals surface area contributed by atoms with Crippen molar-refractivity contribution in [1.82, 2.24) is 14.5 Å². The van der Waals surface area contributed by atoms with Crippen LogP contribution in [0.1, 0.15) is 5.56 Å². The molecule has 0 aliphatic carbocycles. The first-order valence-electron chi connectivity index (χ1n) is 6.17. The Morgan fingerprint density at radius 3 is 2.81 bits per heavy atom. The molecule has 4 nitrogen and oxygen atoms in total. The third-order valence-corrected chi connectivity index (χ3v) is 4.01. The topological polar surface area (TPSA) is 56.7 Å². The Bertz CT molecular complexity index is 775. The maximum absolute atomic E-state index is 12.7. The molecule has 0 unspecified atom stereocenters. The van der Waals surface area contributed by atoms with Gasteiger partial charge in [-0.3, -0.25) is 0 Å². The Labute approximate surface area is 122 Å². The maximum Gasteiger partial charge on any atom is 0.416 e. The second kappa shape index (κ2) is 5.12. The van der Waals surface area contributed by atoms with Gasteiger partial charge in [0.2, 0.25) is 0 Å². The molecule has 1 aromatic carbocycles. The Kier molecular flexibility index (Phi) is 3.42. The van der Waals surface area contributed by atoms with Crippen LogP contribution < -0.4 is 5.73 Å². The molecule has 3 aromatic rings. The van der Waals surface area contributed by atoms with Crippen molar-refractivity contribution < 1.29 is 13.2 Å². The van der Waals surface area contributed by atoms with Crippen LogP contribution in [0.4, 0.5) is 13.2 Å². The number of thiazole rings is 1. The zero-order chi connectivity index (χ0) is 15.0. The van der Waals surface area contributed by atoms with E-state index >= 15 is 0 Å². The van der Waals surface area contributed by atoms with Crippen molar-refractivity contribution in [2.24, 2.45) is 5.73 Å². The van der Waals surface area contributed by atoms with Gasteiger partial charge >= 0.3 is 6.18 Å². The highest BCUT2D eigenvalue weighted by molar-refractivity contribution is 7.21. The lowest BCUT2D eigenvalue weighted by Crippen LogP contribution is -2.07. The van der Waals surface area contributed by atoms with Crippen molar-refractivity contribution >= 4 is 21.6 Å². The summed E-state index contributed by atoms with van der Waals surface area (Å²) >= 11 is 1.32. The SMILES string of the molecule is NCCn1cnc(-c2nc3cc(C(F)(F)F)ccc3s2)c1. The number of nitrogens with two attached hydrogens (primary N) is 1.